The SMILES string of the molecule is Cc1c(SN)cc(-c2cc3c(c(C(C)(C)C)c2)OCC/C3=N\O)n1CC1CCCCC1. The number of oxime groups is 1. The zero-order valence-corrected chi connectivity index (χ0v) is 20.0. The Morgan fingerprint density at radius 1 is 1.19 bits per heavy atom. The lowest BCUT2D eigenvalue weighted by molar-refractivity contribution is 0.293. The van der Waals surface area contributed by atoms with E-state index in [0.29, 0.717) is 24.7 Å². The first-order valence-corrected chi connectivity index (χ1v) is 12.3. The molecule has 168 valence electrons. The van der Waals surface area contributed by atoms with Crippen LogP contribution in [0, 0.1) is 12.8 Å². The molecule has 0 saturated heterocycles. The Morgan fingerprint density at radius 2 is 1.94 bits per heavy atom. The minimum atomic E-state index is -0.0979. The summed E-state index contributed by atoms with van der Waals surface area (Å²) in [6.45, 7) is 10.4. The van der Waals surface area contributed by atoms with Crippen LogP contribution in [0.3, 0.4) is 0 Å². The van der Waals surface area contributed by atoms with Crippen LogP contribution in [0.1, 0.15) is 76.1 Å². The highest BCUT2D eigenvalue weighted by Crippen LogP contribution is 2.42. The first-order chi connectivity index (χ1) is 14.8. The molecule has 6 heteroatoms. The van der Waals surface area contributed by atoms with Crippen molar-refractivity contribution in [1.29, 1.82) is 0 Å². The van der Waals surface area contributed by atoms with Crippen molar-refractivity contribution in [3.8, 4) is 17.0 Å². The number of hydrogen-bond acceptors (Lipinski definition) is 5. The molecule has 0 bridgehead atoms. The second-order valence-electron chi connectivity index (χ2n) is 10.0. The third-order valence-corrected chi connectivity index (χ3v) is 7.49. The van der Waals surface area contributed by atoms with E-state index in [1.165, 1.54) is 55.4 Å². The van der Waals surface area contributed by atoms with Gasteiger partial charge < -0.3 is 14.5 Å². The van der Waals surface area contributed by atoms with Crippen LogP contribution in [0.15, 0.2) is 28.3 Å². The summed E-state index contributed by atoms with van der Waals surface area (Å²) in [5, 5.41) is 19.3. The van der Waals surface area contributed by atoms with Gasteiger partial charge in [-0.3, -0.25) is 5.14 Å². The third-order valence-electron chi connectivity index (χ3n) is 6.82. The Morgan fingerprint density at radius 3 is 2.58 bits per heavy atom. The minimum Gasteiger partial charge on any atom is -0.492 e. The Labute approximate surface area is 190 Å². The summed E-state index contributed by atoms with van der Waals surface area (Å²) < 4.78 is 8.54. The topological polar surface area (TPSA) is 72.8 Å². The molecule has 2 aliphatic rings. The normalized spacial score (nSPS) is 18.8. The number of aromatic nitrogens is 1. The van der Waals surface area contributed by atoms with Crippen molar-refractivity contribution in [2.24, 2.45) is 16.2 Å². The molecule has 1 aromatic carbocycles. The van der Waals surface area contributed by atoms with Gasteiger partial charge in [0.25, 0.3) is 0 Å². The van der Waals surface area contributed by atoms with Crippen LogP contribution >= 0.6 is 11.9 Å². The zero-order valence-electron chi connectivity index (χ0n) is 19.2. The van der Waals surface area contributed by atoms with Gasteiger partial charge in [0.1, 0.15) is 5.75 Å². The van der Waals surface area contributed by atoms with Crippen LogP contribution in [-0.4, -0.2) is 22.1 Å². The molecule has 2 heterocycles. The van der Waals surface area contributed by atoms with Gasteiger partial charge in [0, 0.05) is 40.4 Å². The van der Waals surface area contributed by atoms with Gasteiger partial charge in [0.15, 0.2) is 0 Å². The molecular formula is C25H35N3O2S. The molecule has 0 spiro atoms. The molecular weight excluding hydrogens is 406 g/mol. The average molecular weight is 442 g/mol. The van der Waals surface area contributed by atoms with E-state index in [4.69, 9.17) is 9.88 Å². The molecule has 1 aliphatic heterocycles. The number of fused-ring (bicyclic) bond motifs is 1. The molecule has 31 heavy (non-hydrogen) atoms. The Hall–Kier alpha value is -1.92. The van der Waals surface area contributed by atoms with E-state index >= 15 is 0 Å². The van der Waals surface area contributed by atoms with Gasteiger partial charge >= 0.3 is 0 Å². The molecule has 1 fully saturated rings. The number of hydrogen-bond donors (Lipinski definition) is 2. The van der Waals surface area contributed by atoms with E-state index in [-0.39, 0.29) is 5.41 Å². The molecule has 0 amide bonds. The standard InChI is InChI=1S/C25H35N3O2S/c1-16-23(31-26)14-22(28(16)15-17-8-6-5-7-9-17)18-12-19-21(27-29)10-11-30-24(19)20(13-18)25(2,3)4/h12-14,17,29H,5-11,15,26H2,1-4H3/b27-21+. The predicted molar refractivity (Wildman–Crippen MR) is 128 cm³/mol. The molecule has 1 saturated carbocycles. The summed E-state index contributed by atoms with van der Waals surface area (Å²) in [4.78, 5) is 1.12. The average Bonchev–Trinajstić information content (AvgIpc) is 3.08. The molecule has 2 aromatic rings. The maximum atomic E-state index is 9.66. The first kappa shape index (κ1) is 22.3. The van der Waals surface area contributed by atoms with E-state index in [9.17, 15) is 5.21 Å². The van der Waals surface area contributed by atoms with Crippen LogP contribution in [-0.2, 0) is 12.0 Å². The van der Waals surface area contributed by atoms with Gasteiger partial charge in [-0.1, -0.05) is 45.2 Å². The lowest BCUT2D eigenvalue weighted by atomic mass is 9.82. The molecule has 5 nitrogen and oxygen atoms in total. The van der Waals surface area contributed by atoms with Gasteiger partial charge in [-0.25, -0.2) is 0 Å². The Kier molecular flexibility index (Phi) is 6.40. The fraction of sp³-hybridized carbons (Fsp3) is 0.560. The van der Waals surface area contributed by atoms with Crippen molar-refractivity contribution in [2.75, 3.05) is 6.61 Å². The van der Waals surface area contributed by atoms with Crippen molar-refractivity contribution in [2.45, 2.75) is 83.1 Å². The summed E-state index contributed by atoms with van der Waals surface area (Å²) in [5.74, 6) is 1.57. The van der Waals surface area contributed by atoms with E-state index in [1.807, 2.05) is 0 Å². The monoisotopic (exact) mass is 441 g/mol. The quantitative estimate of drug-likeness (QED) is 0.333. The van der Waals surface area contributed by atoms with Crippen molar-refractivity contribution in [1.82, 2.24) is 4.57 Å². The Bertz CT molecular complexity index is 982. The third kappa shape index (κ3) is 4.37. The largest absolute Gasteiger partial charge is 0.492 e. The minimum absolute atomic E-state index is 0.0979. The molecule has 0 atom stereocenters. The van der Waals surface area contributed by atoms with E-state index < -0.39 is 0 Å². The van der Waals surface area contributed by atoms with Crippen LogP contribution < -0.4 is 9.88 Å². The summed E-state index contributed by atoms with van der Waals surface area (Å²) in [6, 6.07) is 6.61. The second-order valence-corrected chi connectivity index (χ2v) is 10.7. The number of nitrogens with zero attached hydrogens (tertiary/aromatic N) is 2. The second kappa shape index (κ2) is 8.91. The lowest BCUT2D eigenvalue weighted by Gasteiger charge is -2.29. The van der Waals surface area contributed by atoms with Gasteiger partial charge in [-0.2, -0.15) is 0 Å². The smallest absolute Gasteiger partial charge is 0.132 e. The predicted octanol–water partition coefficient (Wildman–Crippen LogP) is 6.27. The van der Waals surface area contributed by atoms with Gasteiger partial charge in [-0.05, 0) is 66.8 Å². The van der Waals surface area contributed by atoms with Gasteiger partial charge in [0.2, 0.25) is 0 Å². The highest BCUT2D eigenvalue weighted by Gasteiger charge is 2.29. The van der Waals surface area contributed by atoms with E-state index in [0.717, 1.165) is 33.9 Å². The molecule has 0 radical (unpaired) electrons. The molecule has 3 N–H and O–H groups in total. The van der Waals surface area contributed by atoms with Crippen molar-refractivity contribution < 1.29 is 9.94 Å². The van der Waals surface area contributed by atoms with Crippen molar-refractivity contribution >= 4 is 17.7 Å². The van der Waals surface area contributed by atoms with E-state index in [2.05, 4.69) is 55.6 Å². The molecule has 4 rings (SSSR count). The van der Waals surface area contributed by atoms with Gasteiger partial charge in [0.05, 0.1) is 12.3 Å². The van der Waals surface area contributed by atoms with Crippen molar-refractivity contribution in [3.63, 3.8) is 0 Å². The van der Waals surface area contributed by atoms with Crippen LogP contribution in [0.25, 0.3) is 11.3 Å². The molecule has 1 aliphatic carbocycles. The van der Waals surface area contributed by atoms with Crippen LogP contribution in [0.5, 0.6) is 5.75 Å². The number of benzene rings is 1. The van der Waals surface area contributed by atoms with Crippen molar-refractivity contribution in [3.05, 3.63) is 35.0 Å². The summed E-state index contributed by atoms with van der Waals surface area (Å²) in [7, 11) is 0. The summed E-state index contributed by atoms with van der Waals surface area (Å²) in [6.07, 6.45) is 7.24. The number of rotatable bonds is 4. The fourth-order valence-electron chi connectivity index (χ4n) is 5.03. The highest BCUT2D eigenvalue weighted by atomic mass is 32.2. The van der Waals surface area contributed by atoms with E-state index in [1.54, 1.807) is 0 Å². The number of ether oxygens (including phenoxy) is 1. The van der Waals surface area contributed by atoms with Crippen LogP contribution in [0.4, 0.5) is 0 Å². The maximum Gasteiger partial charge on any atom is 0.132 e. The first-order valence-electron chi connectivity index (χ1n) is 11.4. The van der Waals surface area contributed by atoms with Gasteiger partial charge in [-0.15, -0.1) is 0 Å². The zero-order chi connectivity index (χ0) is 22.2. The summed E-state index contributed by atoms with van der Waals surface area (Å²) >= 11 is 1.32. The van der Waals surface area contributed by atoms with Crippen LogP contribution in [0.2, 0.25) is 0 Å². The molecule has 1 aromatic heterocycles. The number of nitrogens with two attached hydrogens (primary N) is 1. The lowest BCUT2D eigenvalue weighted by Crippen LogP contribution is -2.22. The Balaban J connectivity index is 1.87. The highest BCUT2D eigenvalue weighted by molar-refractivity contribution is 7.97. The fourth-order valence-corrected chi connectivity index (χ4v) is 5.49. The summed E-state index contributed by atoms with van der Waals surface area (Å²) in [5.41, 5.74) is 6.20. The molecule has 0 unspecified atom stereocenters. The maximum absolute atomic E-state index is 9.66.